The van der Waals surface area contributed by atoms with Gasteiger partial charge in [0.05, 0.1) is 5.56 Å². The van der Waals surface area contributed by atoms with Crippen LogP contribution in [0.5, 0.6) is 5.75 Å². The lowest BCUT2D eigenvalue weighted by Gasteiger charge is -2.15. The van der Waals surface area contributed by atoms with Crippen molar-refractivity contribution in [2.75, 3.05) is 17.2 Å². The zero-order valence-corrected chi connectivity index (χ0v) is 15.4. The molecule has 0 atom stereocenters. The maximum absolute atomic E-state index is 12.7. The summed E-state index contributed by atoms with van der Waals surface area (Å²) in [5.41, 5.74) is 3.43. The van der Waals surface area contributed by atoms with Gasteiger partial charge in [-0.3, -0.25) is 9.59 Å². The number of carbonyl (C=O) groups is 2. The summed E-state index contributed by atoms with van der Waals surface area (Å²) in [6.45, 7) is 9.66. The van der Waals surface area contributed by atoms with Gasteiger partial charge in [0.1, 0.15) is 12.4 Å². The molecule has 5 heteroatoms. The zero-order valence-electron chi connectivity index (χ0n) is 15.4. The Bertz CT molecular complexity index is 828. The fraction of sp³-hybridized carbons (Fsp3) is 0.238. The Labute approximate surface area is 154 Å². The number of carbonyl (C=O) groups excluding carboxylic acids is 2. The third-order valence-electron chi connectivity index (χ3n) is 3.78. The van der Waals surface area contributed by atoms with E-state index in [1.54, 1.807) is 37.3 Å². The van der Waals surface area contributed by atoms with Crippen molar-refractivity contribution in [2.45, 2.75) is 27.2 Å². The molecular weight excluding hydrogens is 328 g/mol. The van der Waals surface area contributed by atoms with Crippen LogP contribution in [0.3, 0.4) is 0 Å². The molecule has 2 aromatic carbocycles. The van der Waals surface area contributed by atoms with Gasteiger partial charge in [0.15, 0.2) is 0 Å². The summed E-state index contributed by atoms with van der Waals surface area (Å²) < 4.78 is 5.66. The number of hydrogen-bond donors (Lipinski definition) is 2. The van der Waals surface area contributed by atoms with E-state index >= 15 is 0 Å². The molecule has 0 bridgehead atoms. The van der Waals surface area contributed by atoms with Crippen molar-refractivity contribution in [1.82, 2.24) is 0 Å². The van der Waals surface area contributed by atoms with Gasteiger partial charge in [0.2, 0.25) is 5.91 Å². The summed E-state index contributed by atoms with van der Waals surface area (Å²) in [4.78, 5) is 24.4. The van der Waals surface area contributed by atoms with Gasteiger partial charge in [0, 0.05) is 17.8 Å². The Hall–Kier alpha value is -3.08. The molecule has 136 valence electrons. The molecule has 2 amide bonds. The number of nitrogens with one attached hydrogen (secondary N) is 2. The molecule has 0 unspecified atom stereocenters. The summed E-state index contributed by atoms with van der Waals surface area (Å²) >= 11 is 0. The number of ether oxygens (including phenoxy) is 1. The third kappa shape index (κ3) is 4.96. The van der Waals surface area contributed by atoms with Crippen molar-refractivity contribution in [2.24, 2.45) is 0 Å². The van der Waals surface area contributed by atoms with Crippen LogP contribution in [0.4, 0.5) is 11.4 Å². The number of amides is 2. The van der Waals surface area contributed by atoms with Gasteiger partial charge in [-0.15, -0.1) is 0 Å². The number of hydrogen-bond acceptors (Lipinski definition) is 3. The molecule has 0 fully saturated rings. The summed E-state index contributed by atoms with van der Waals surface area (Å²) in [6.07, 6.45) is 0.392. The molecule has 0 aliphatic carbocycles. The Morgan fingerprint density at radius 2 is 1.69 bits per heavy atom. The zero-order chi connectivity index (χ0) is 19.1. The van der Waals surface area contributed by atoms with E-state index in [0.29, 0.717) is 35.7 Å². The van der Waals surface area contributed by atoms with Crippen LogP contribution >= 0.6 is 0 Å². The van der Waals surface area contributed by atoms with E-state index in [4.69, 9.17) is 4.74 Å². The molecule has 0 aliphatic heterocycles. The van der Waals surface area contributed by atoms with Crippen LogP contribution in [-0.2, 0) is 4.79 Å². The van der Waals surface area contributed by atoms with Gasteiger partial charge in [-0.05, 0) is 49.2 Å². The number of para-hydroxylation sites is 1. The summed E-state index contributed by atoms with van der Waals surface area (Å²) in [7, 11) is 0. The minimum absolute atomic E-state index is 0.0740. The second kappa shape index (κ2) is 8.85. The standard InChI is InChI=1S/C21H24N2O3/c1-5-20(24)22-17-10-8-11-18(15(17)4)23-21(25)16-9-6-7-12-19(16)26-13-14(2)3/h6-12H,2,5,13H2,1,3-4H3,(H,22,24)(H,23,25). The van der Waals surface area contributed by atoms with Gasteiger partial charge in [-0.1, -0.05) is 31.7 Å². The smallest absolute Gasteiger partial charge is 0.259 e. The second-order valence-electron chi connectivity index (χ2n) is 6.08. The lowest BCUT2D eigenvalue weighted by Crippen LogP contribution is -2.16. The quantitative estimate of drug-likeness (QED) is 0.718. The summed E-state index contributed by atoms with van der Waals surface area (Å²) in [5, 5.41) is 5.73. The normalized spacial score (nSPS) is 10.1. The van der Waals surface area contributed by atoms with Crippen LogP contribution < -0.4 is 15.4 Å². The van der Waals surface area contributed by atoms with Gasteiger partial charge in [-0.2, -0.15) is 0 Å². The molecule has 0 heterocycles. The maximum atomic E-state index is 12.7. The van der Waals surface area contributed by atoms with Crippen molar-refractivity contribution >= 4 is 23.2 Å². The summed E-state index contributed by atoms with van der Waals surface area (Å²) in [6, 6.07) is 12.5. The molecule has 0 saturated carbocycles. The first kappa shape index (κ1) is 19.2. The predicted molar refractivity (Wildman–Crippen MR) is 105 cm³/mol. The minimum atomic E-state index is -0.274. The van der Waals surface area contributed by atoms with E-state index < -0.39 is 0 Å². The van der Waals surface area contributed by atoms with Crippen molar-refractivity contribution in [3.05, 3.63) is 65.7 Å². The largest absolute Gasteiger partial charge is 0.488 e. The fourth-order valence-corrected chi connectivity index (χ4v) is 2.32. The maximum Gasteiger partial charge on any atom is 0.259 e. The van der Waals surface area contributed by atoms with Gasteiger partial charge >= 0.3 is 0 Å². The molecular formula is C21H24N2O3. The molecule has 2 rings (SSSR count). The first-order chi connectivity index (χ1) is 12.4. The number of benzene rings is 2. The van der Waals surface area contributed by atoms with Crippen LogP contribution in [0.15, 0.2) is 54.6 Å². The highest BCUT2D eigenvalue weighted by Crippen LogP contribution is 2.26. The van der Waals surface area contributed by atoms with Crippen LogP contribution in [0.25, 0.3) is 0 Å². The molecule has 0 aliphatic rings. The van der Waals surface area contributed by atoms with Crippen LogP contribution in [0.2, 0.25) is 0 Å². The Morgan fingerprint density at radius 1 is 1.04 bits per heavy atom. The number of anilines is 2. The molecule has 0 aromatic heterocycles. The van der Waals surface area contributed by atoms with E-state index in [2.05, 4.69) is 17.2 Å². The van der Waals surface area contributed by atoms with E-state index in [1.165, 1.54) is 0 Å². The third-order valence-corrected chi connectivity index (χ3v) is 3.78. The van der Waals surface area contributed by atoms with Gasteiger partial charge in [0.25, 0.3) is 5.91 Å². The van der Waals surface area contributed by atoms with E-state index in [-0.39, 0.29) is 11.8 Å². The lowest BCUT2D eigenvalue weighted by atomic mass is 10.1. The number of rotatable bonds is 7. The van der Waals surface area contributed by atoms with Crippen molar-refractivity contribution < 1.29 is 14.3 Å². The van der Waals surface area contributed by atoms with Crippen molar-refractivity contribution in [3.8, 4) is 5.75 Å². The fourth-order valence-electron chi connectivity index (χ4n) is 2.32. The van der Waals surface area contributed by atoms with Crippen LogP contribution in [0, 0.1) is 6.92 Å². The van der Waals surface area contributed by atoms with Crippen molar-refractivity contribution in [3.63, 3.8) is 0 Å². The molecule has 2 aromatic rings. The molecule has 2 N–H and O–H groups in total. The second-order valence-corrected chi connectivity index (χ2v) is 6.08. The highest BCUT2D eigenvalue weighted by Gasteiger charge is 2.14. The average Bonchev–Trinajstić information content (AvgIpc) is 2.63. The monoisotopic (exact) mass is 352 g/mol. The topological polar surface area (TPSA) is 67.4 Å². The SMILES string of the molecule is C=C(C)COc1ccccc1C(=O)Nc1cccc(NC(=O)CC)c1C. The molecule has 26 heavy (non-hydrogen) atoms. The first-order valence-corrected chi connectivity index (χ1v) is 8.49. The summed E-state index contributed by atoms with van der Waals surface area (Å²) in [5.74, 6) is 0.153. The molecule has 0 saturated heterocycles. The van der Waals surface area contributed by atoms with Crippen LogP contribution in [-0.4, -0.2) is 18.4 Å². The molecule has 5 nitrogen and oxygen atoms in total. The average molecular weight is 352 g/mol. The van der Waals surface area contributed by atoms with Gasteiger partial charge in [-0.25, -0.2) is 0 Å². The van der Waals surface area contributed by atoms with E-state index in [1.807, 2.05) is 26.0 Å². The van der Waals surface area contributed by atoms with Crippen molar-refractivity contribution in [1.29, 1.82) is 0 Å². The van der Waals surface area contributed by atoms with Crippen LogP contribution in [0.1, 0.15) is 36.2 Å². The van der Waals surface area contributed by atoms with E-state index in [0.717, 1.165) is 11.1 Å². The highest BCUT2D eigenvalue weighted by atomic mass is 16.5. The Morgan fingerprint density at radius 3 is 2.35 bits per heavy atom. The minimum Gasteiger partial charge on any atom is -0.488 e. The Balaban J connectivity index is 2.22. The highest BCUT2D eigenvalue weighted by molar-refractivity contribution is 6.07. The Kier molecular flexibility index (Phi) is 6.55. The van der Waals surface area contributed by atoms with E-state index in [9.17, 15) is 9.59 Å². The lowest BCUT2D eigenvalue weighted by molar-refractivity contribution is -0.115. The molecule has 0 spiro atoms. The predicted octanol–water partition coefficient (Wildman–Crippen LogP) is 4.55. The first-order valence-electron chi connectivity index (χ1n) is 8.49. The van der Waals surface area contributed by atoms with Gasteiger partial charge < -0.3 is 15.4 Å². The molecule has 0 radical (unpaired) electrons.